The predicted octanol–water partition coefficient (Wildman–Crippen LogP) is 3.42. The summed E-state index contributed by atoms with van der Waals surface area (Å²) in [7, 11) is 0. The van der Waals surface area contributed by atoms with Crippen LogP contribution in [0.25, 0.3) is 0 Å². The summed E-state index contributed by atoms with van der Waals surface area (Å²) in [6, 6.07) is 4.89. The Balaban J connectivity index is 2.49. The Hall–Kier alpha value is -1.83. The third kappa shape index (κ3) is 5.99. The molecule has 1 rings (SSSR count). The van der Waals surface area contributed by atoms with Crippen molar-refractivity contribution >= 4 is 33.4 Å². The van der Waals surface area contributed by atoms with Crippen molar-refractivity contribution in [2.75, 3.05) is 11.9 Å². The summed E-state index contributed by atoms with van der Waals surface area (Å²) in [5.41, 5.74) is 5.37. The molecule has 0 bridgehead atoms. The molecule has 0 fully saturated rings. The molecule has 0 aliphatic carbocycles. The molecular weight excluding hydrogens is 342 g/mol. The fourth-order valence-corrected chi connectivity index (χ4v) is 2.32. The minimum atomic E-state index is -0.773. The highest BCUT2D eigenvalue weighted by atomic mass is 79.9. The minimum absolute atomic E-state index is 0.0355. The molecule has 8 heteroatoms. The Bertz CT molecular complexity index is 510. The van der Waals surface area contributed by atoms with Gasteiger partial charge in [0, 0.05) is 16.6 Å². The fraction of sp³-hybridized carbons (Fsp3) is 0.462. The van der Waals surface area contributed by atoms with Crippen LogP contribution in [0.3, 0.4) is 0 Å². The van der Waals surface area contributed by atoms with E-state index in [9.17, 15) is 14.9 Å². The number of anilines is 1. The Labute approximate surface area is 131 Å². The molecule has 0 spiro atoms. The average molecular weight is 360 g/mol. The number of amides is 1. The molecule has 1 amide bonds. The molecule has 3 N–H and O–H groups in total. The lowest BCUT2D eigenvalue weighted by atomic mass is 10.1. The van der Waals surface area contributed by atoms with Crippen LogP contribution in [0.1, 0.15) is 26.2 Å². The zero-order valence-corrected chi connectivity index (χ0v) is 13.3. The summed E-state index contributed by atoms with van der Waals surface area (Å²) in [5.74, 6) is 0. The van der Waals surface area contributed by atoms with Crippen LogP contribution in [0, 0.1) is 10.1 Å². The number of carbonyl (C=O) groups excluding carboxylic acids is 1. The highest BCUT2D eigenvalue weighted by molar-refractivity contribution is 9.10. The molecule has 0 aromatic heterocycles. The molecule has 1 aromatic carbocycles. The summed E-state index contributed by atoms with van der Waals surface area (Å²) in [4.78, 5) is 21.0. The maximum Gasteiger partial charge on any atom is 0.404 e. The number of unbranched alkanes of at least 4 members (excludes halogenated alkanes) is 1. The van der Waals surface area contributed by atoms with Crippen molar-refractivity contribution in [3.8, 4) is 0 Å². The van der Waals surface area contributed by atoms with E-state index in [2.05, 4.69) is 26.0 Å². The molecule has 0 heterocycles. The number of primary amides is 1. The van der Waals surface area contributed by atoms with Gasteiger partial charge in [0.15, 0.2) is 0 Å². The number of halogens is 1. The molecular formula is C13H18BrN3O4. The molecule has 116 valence electrons. The van der Waals surface area contributed by atoms with Gasteiger partial charge in [-0.05, 0) is 48.2 Å². The van der Waals surface area contributed by atoms with E-state index in [-0.39, 0.29) is 18.3 Å². The second-order valence-electron chi connectivity index (χ2n) is 4.60. The van der Waals surface area contributed by atoms with Gasteiger partial charge >= 0.3 is 6.09 Å². The van der Waals surface area contributed by atoms with Crippen molar-refractivity contribution in [3.63, 3.8) is 0 Å². The number of nitro groups is 1. The molecule has 0 saturated carbocycles. The quantitative estimate of drug-likeness (QED) is 0.420. The minimum Gasteiger partial charge on any atom is -0.450 e. The van der Waals surface area contributed by atoms with Crippen molar-refractivity contribution in [2.24, 2.45) is 5.73 Å². The first-order valence-corrected chi connectivity index (χ1v) is 7.32. The predicted molar refractivity (Wildman–Crippen MR) is 83.3 cm³/mol. The van der Waals surface area contributed by atoms with Crippen LogP contribution in [0.4, 0.5) is 16.2 Å². The van der Waals surface area contributed by atoms with Gasteiger partial charge in [-0.3, -0.25) is 10.1 Å². The summed E-state index contributed by atoms with van der Waals surface area (Å²) < 4.78 is 5.29. The summed E-state index contributed by atoms with van der Waals surface area (Å²) in [6.45, 7) is 2.23. The third-order valence-electron chi connectivity index (χ3n) is 2.85. The van der Waals surface area contributed by atoms with Gasteiger partial charge < -0.3 is 15.8 Å². The average Bonchev–Trinajstić information content (AvgIpc) is 2.40. The van der Waals surface area contributed by atoms with E-state index in [1.165, 1.54) is 6.07 Å². The monoisotopic (exact) mass is 359 g/mol. The van der Waals surface area contributed by atoms with E-state index in [0.29, 0.717) is 16.6 Å². The summed E-state index contributed by atoms with van der Waals surface area (Å²) in [6.07, 6.45) is 1.54. The highest BCUT2D eigenvalue weighted by Crippen LogP contribution is 2.33. The van der Waals surface area contributed by atoms with Gasteiger partial charge in [-0.1, -0.05) is 6.07 Å². The SMILES string of the molecule is CC(CCCCOC(N)=O)Nc1c(Br)cccc1[N+](=O)[O-]. The number of nitro benzene ring substituents is 1. The van der Waals surface area contributed by atoms with Crippen molar-refractivity contribution in [1.29, 1.82) is 0 Å². The van der Waals surface area contributed by atoms with Gasteiger partial charge in [-0.25, -0.2) is 4.79 Å². The first-order valence-electron chi connectivity index (χ1n) is 6.53. The normalized spacial score (nSPS) is 11.7. The number of nitrogens with one attached hydrogen (secondary N) is 1. The Morgan fingerprint density at radius 1 is 1.52 bits per heavy atom. The number of hydrogen-bond acceptors (Lipinski definition) is 5. The molecule has 1 unspecified atom stereocenters. The van der Waals surface area contributed by atoms with E-state index < -0.39 is 11.0 Å². The van der Waals surface area contributed by atoms with Crippen LogP contribution in [0.15, 0.2) is 22.7 Å². The zero-order valence-electron chi connectivity index (χ0n) is 11.7. The topological polar surface area (TPSA) is 107 Å². The van der Waals surface area contributed by atoms with E-state index in [1.54, 1.807) is 12.1 Å². The lowest BCUT2D eigenvalue weighted by Crippen LogP contribution is -2.17. The fourth-order valence-electron chi connectivity index (χ4n) is 1.85. The van der Waals surface area contributed by atoms with Crippen LogP contribution in [-0.2, 0) is 4.74 Å². The molecule has 1 atom stereocenters. The van der Waals surface area contributed by atoms with Crippen LogP contribution in [-0.4, -0.2) is 23.7 Å². The van der Waals surface area contributed by atoms with Gasteiger partial charge in [0.25, 0.3) is 5.69 Å². The largest absolute Gasteiger partial charge is 0.450 e. The van der Waals surface area contributed by atoms with Crippen molar-refractivity contribution in [2.45, 2.75) is 32.2 Å². The van der Waals surface area contributed by atoms with Crippen molar-refractivity contribution in [1.82, 2.24) is 0 Å². The molecule has 7 nitrogen and oxygen atoms in total. The number of rotatable bonds is 8. The number of ether oxygens (including phenoxy) is 1. The summed E-state index contributed by atoms with van der Waals surface area (Å²) >= 11 is 3.31. The van der Waals surface area contributed by atoms with E-state index in [4.69, 9.17) is 5.73 Å². The van der Waals surface area contributed by atoms with Gasteiger partial charge in [-0.2, -0.15) is 0 Å². The number of nitrogens with zero attached hydrogens (tertiary/aromatic N) is 1. The van der Waals surface area contributed by atoms with Crippen LogP contribution in [0.2, 0.25) is 0 Å². The van der Waals surface area contributed by atoms with Gasteiger partial charge in [0.1, 0.15) is 5.69 Å². The maximum atomic E-state index is 11.0. The molecule has 0 aliphatic heterocycles. The van der Waals surface area contributed by atoms with Crippen molar-refractivity contribution < 1.29 is 14.5 Å². The number of nitrogens with two attached hydrogens (primary N) is 1. The zero-order chi connectivity index (χ0) is 15.8. The van der Waals surface area contributed by atoms with Gasteiger partial charge in [0.2, 0.25) is 0 Å². The van der Waals surface area contributed by atoms with Crippen molar-refractivity contribution in [3.05, 3.63) is 32.8 Å². The lowest BCUT2D eigenvalue weighted by Gasteiger charge is -2.16. The maximum absolute atomic E-state index is 11.0. The molecule has 0 aliphatic rings. The van der Waals surface area contributed by atoms with Crippen LogP contribution < -0.4 is 11.1 Å². The smallest absolute Gasteiger partial charge is 0.404 e. The number of para-hydroxylation sites is 1. The Kier molecular flexibility index (Phi) is 6.93. The van der Waals surface area contributed by atoms with E-state index in [0.717, 1.165) is 12.8 Å². The number of carbonyl (C=O) groups is 1. The Morgan fingerprint density at radius 2 is 2.24 bits per heavy atom. The van der Waals surface area contributed by atoms with Gasteiger partial charge in [-0.15, -0.1) is 0 Å². The van der Waals surface area contributed by atoms with E-state index >= 15 is 0 Å². The van der Waals surface area contributed by atoms with Crippen LogP contribution >= 0.6 is 15.9 Å². The lowest BCUT2D eigenvalue weighted by molar-refractivity contribution is -0.384. The second-order valence-corrected chi connectivity index (χ2v) is 5.45. The standard InChI is InChI=1S/C13H18BrN3O4/c1-9(5-2-3-8-21-13(15)18)16-12-10(14)6-4-7-11(12)17(19)20/h4,6-7,9,16H,2-3,5,8H2,1H3,(H2,15,18). The first-order chi connectivity index (χ1) is 9.91. The second kappa shape index (κ2) is 8.46. The molecule has 21 heavy (non-hydrogen) atoms. The highest BCUT2D eigenvalue weighted by Gasteiger charge is 2.17. The van der Waals surface area contributed by atoms with Crippen LogP contribution in [0.5, 0.6) is 0 Å². The van der Waals surface area contributed by atoms with Gasteiger partial charge in [0.05, 0.1) is 11.5 Å². The molecule has 0 radical (unpaired) electrons. The number of hydrogen-bond donors (Lipinski definition) is 2. The Morgan fingerprint density at radius 3 is 2.86 bits per heavy atom. The van der Waals surface area contributed by atoms with E-state index in [1.807, 2.05) is 6.92 Å². The first kappa shape index (κ1) is 17.2. The molecule has 1 aromatic rings. The summed E-state index contributed by atoms with van der Waals surface area (Å²) in [5, 5.41) is 14.1. The molecule has 0 saturated heterocycles. The number of benzene rings is 1. The third-order valence-corrected chi connectivity index (χ3v) is 3.52.